The number of urea groups is 1. The third-order valence-corrected chi connectivity index (χ3v) is 5.15. The summed E-state index contributed by atoms with van der Waals surface area (Å²) in [6, 6.07) is 8.43. The highest BCUT2D eigenvalue weighted by atomic mass is 16.2. The molecule has 1 aromatic carbocycles. The van der Waals surface area contributed by atoms with E-state index in [9.17, 15) is 9.59 Å². The van der Waals surface area contributed by atoms with Gasteiger partial charge in [-0.05, 0) is 57.2 Å². The van der Waals surface area contributed by atoms with Gasteiger partial charge >= 0.3 is 6.03 Å². The van der Waals surface area contributed by atoms with Crippen LogP contribution in [0.5, 0.6) is 0 Å². The minimum absolute atomic E-state index is 0.203. The number of hydrogen-bond donors (Lipinski definition) is 1. The fraction of sp³-hybridized carbons (Fsp3) is 0.444. The molecule has 0 bridgehead atoms. The number of aromatic nitrogens is 1. The highest BCUT2D eigenvalue weighted by Gasteiger charge is 2.25. The molecule has 6 heteroatoms. The molecule has 0 radical (unpaired) electrons. The first-order valence-electron chi connectivity index (χ1n) is 8.52. The van der Waals surface area contributed by atoms with E-state index in [1.807, 2.05) is 12.1 Å². The van der Waals surface area contributed by atoms with Crippen molar-refractivity contribution in [1.82, 2.24) is 14.8 Å². The van der Waals surface area contributed by atoms with E-state index < -0.39 is 0 Å². The van der Waals surface area contributed by atoms with Crippen LogP contribution in [0.15, 0.2) is 30.5 Å². The van der Waals surface area contributed by atoms with Gasteiger partial charge in [0.15, 0.2) is 0 Å². The lowest BCUT2D eigenvalue weighted by molar-refractivity contribution is -0.120. The standard InChI is InChI=1S/C18H22N4O2/c1-20-8-5-14(6-9-20)21-10-4-13-12-15(2-3-16(13)21)22-11-7-17(23)19-18(22)24/h2-4,10,12,14H,5-9,11H2,1H3,(H,19,23,24). The number of hydrogen-bond acceptors (Lipinski definition) is 3. The predicted molar refractivity (Wildman–Crippen MR) is 93.2 cm³/mol. The third kappa shape index (κ3) is 2.67. The van der Waals surface area contributed by atoms with Gasteiger partial charge in [0.05, 0.1) is 0 Å². The van der Waals surface area contributed by atoms with Crippen LogP contribution in [-0.4, -0.2) is 48.1 Å². The molecule has 6 nitrogen and oxygen atoms in total. The van der Waals surface area contributed by atoms with Gasteiger partial charge in [-0.15, -0.1) is 0 Å². The maximum atomic E-state index is 12.0. The Morgan fingerprint density at radius 1 is 1.08 bits per heavy atom. The number of nitrogens with one attached hydrogen (secondary N) is 1. The first-order valence-corrected chi connectivity index (χ1v) is 8.52. The van der Waals surface area contributed by atoms with E-state index >= 15 is 0 Å². The Bertz CT molecular complexity index is 789. The Morgan fingerprint density at radius 2 is 1.88 bits per heavy atom. The molecule has 0 spiro atoms. The zero-order chi connectivity index (χ0) is 16.7. The molecule has 0 saturated carbocycles. The number of rotatable bonds is 2. The Hall–Kier alpha value is -2.34. The van der Waals surface area contributed by atoms with Crippen LogP contribution in [0.4, 0.5) is 10.5 Å². The second kappa shape index (κ2) is 5.94. The second-order valence-corrected chi connectivity index (χ2v) is 6.76. The van der Waals surface area contributed by atoms with Gasteiger partial charge in [0.1, 0.15) is 0 Å². The van der Waals surface area contributed by atoms with E-state index in [2.05, 4.69) is 40.2 Å². The zero-order valence-electron chi connectivity index (χ0n) is 13.9. The van der Waals surface area contributed by atoms with E-state index in [-0.39, 0.29) is 11.9 Å². The topological polar surface area (TPSA) is 57.6 Å². The molecular formula is C18H22N4O2. The number of fused-ring (bicyclic) bond motifs is 1. The summed E-state index contributed by atoms with van der Waals surface area (Å²) in [5, 5.41) is 3.51. The van der Waals surface area contributed by atoms with Crippen molar-refractivity contribution in [3.63, 3.8) is 0 Å². The Kier molecular flexibility index (Phi) is 3.76. The van der Waals surface area contributed by atoms with E-state index in [1.165, 1.54) is 18.4 Å². The average Bonchev–Trinajstić information content (AvgIpc) is 2.99. The van der Waals surface area contributed by atoms with Crippen LogP contribution in [-0.2, 0) is 4.79 Å². The number of benzene rings is 1. The molecule has 126 valence electrons. The highest BCUT2D eigenvalue weighted by molar-refractivity contribution is 6.06. The van der Waals surface area contributed by atoms with Gasteiger partial charge in [0, 0.05) is 41.8 Å². The lowest BCUT2D eigenvalue weighted by Gasteiger charge is -2.30. The fourth-order valence-corrected chi connectivity index (χ4v) is 3.72. The maximum Gasteiger partial charge on any atom is 0.328 e. The van der Waals surface area contributed by atoms with Gasteiger partial charge in [-0.2, -0.15) is 0 Å². The smallest absolute Gasteiger partial charge is 0.328 e. The van der Waals surface area contributed by atoms with Crippen molar-refractivity contribution in [2.45, 2.75) is 25.3 Å². The van der Waals surface area contributed by atoms with Crippen molar-refractivity contribution in [3.8, 4) is 0 Å². The number of carbonyl (C=O) groups excluding carboxylic acids is 2. The van der Waals surface area contributed by atoms with Crippen molar-refractivity contribution in [2.24, 2.45) is 0 Å². The Morgan fingerprint density at radius 3 is 2.62 bits per heavy atom. The van der Waals surface area contributed by atoms with Crippen LogP contribution in [0, 0.1) is 0 Å². The summed E-state index contributed by atoms with van der Waals surface area (Å²) in [5.74, 6) is -0.203. The minimum atomic E-state index is -0.333. The highest BCUT2D eigenvalue weighted by Crippen LogP contribution is 2.30. The van der Waals surface area contributed by atoms with Gasteiger partial charge in [-0.1, -0.05) is 0 Å². The summed E-state index contributed by atoms with van der Waals surface area (Å²) in [5.41, 5.74) is 2.05. The molecule has 2 aliphatic rings. The second-order valence-electron chi connectivity index (χ2n) is 6.76. The van der Waals surface area contributed by atoms with Crippen LogP contribution in [0.2, 0.25) is 0 Å². The molecule has 1 aromatic heterocycles. The largest absolute Gasteiger partial charge is 0.344 e. The van der Waals surface area contributed by atoms with Crippen LogP contribution < -0.4 is 10.2 Å². The van der Waals surface area contributed by atoms with Gasteiger partial charge in [-0.25, -0.2) is 4.79 Å². The molecule has 0 atom stereocenters. The van der Waals surface area contributed by atoms with E-state index in [0.29, 0.717) is 19.0 Å². The number of anilines is 1. The Labute approximate surface area is 141 Å². The molecular weight excluding hydrogens is 304 g/mol. The summed E-state index contributed by atoms with van der Waals surface area (Å²) >= 11 is 0. The molecule has 2 fully saturated rings. The molecule has 2 saturated heterocycles. The first-order chi connectivity index (χ1) is 11.6. The van der Waals surface area contributed by atoms with Crippen LogP contribution in [0.1, 0.15) is 25.3 Å². The number of imide groups is 1. The number of piperidine rings is 1. The number of likely N-dealkylation sites (tertiary alicyclic amines) is 1. The monoisotopic (exact) mass is 326 g/mol. The van der Waals surface area contributed by atoms with Gasteiger partial charge < -0.3 is 9.47 Å². The van der Waals surface area contributed by atoms with Crippen LogP contribution >= 0.6 is 0 Å². The molecule has 2 aliphatic heterocycles. The normalized spacial score (nSPS) is 20.6. The number of amides is 3. The van der Waals surface area contributed by atoms with E-state index in [0.717, 1.165) is 24.2 Å². The summed E-state index contributed by atoms with van der Waals surface area (Å²) in [4.78, 5) is 27.3. The van der Waals surface area contributed by atoms with Crippen molar-refractivity contribution in [3.05, 3.63) is 30.5 Å². The van der Waals surface area contributed by atoms with Crippen molar-refractivity contribution in [1.29, 1.82) is 0 Å². The van der Waals surface area contributed by atoms with E-state index in [4.69, 9.17) is 0 Å². The number of carbonyl (C=O) groups is 2. The van der Waals surface area contributed by atoms with Gasteiger partial charge in [0.2, 0.25) is 5.91 Å². The number of nitrogens with zero attached hydrogens (tertiary/aromatic N) is 3. The quantitative estimate of drug-likeness (QED) is 0.922. The molecule has 2 aromatic rings. The SMILES string of the molecule is CN1CCC(n2ccc3cc(N4CCC(=O)NC4=O)ccc32)CC1. The maximum absolute atomic E-state index is 12.0. The lowest BCUT2D eigenvalue weighted by Crippen LogP contribution is -2.49. The molecule has 4 rings (SSSR count). The molecule has 0 unspecified atom stereocenters. The van der Waals surface area contributed by atoms with E-state index in [1.54, 1.807) is 4.90 Å². The lowest BCUT2D eigenvalue weighted by atomic mass is 10.1. The average molecular weight is 326 g/mol. The van der Waals surface area contributed by atoms with Crippen molar-refractivity contribution >= 4 is 28.5 Å². The van der Waals surface area contributed by atoms with Crippen LogP contribution in [0.25, 0.3) is 10.9 Å². The zero-order valence-corrected chi connectivity index (χ0v) is 13.9. The molecule has 3 amide bonds. The molecule has 3 heterocycles. The predicted octanol–water partition coefficient (Wildman–Crippen LogP) is 2.35. The van der Waals surface area contributed by atoms with Crippen molar-refractivity contribution < 1.29 is 9.59 Å². The summed E-state index contributed by atoms with van der Waals surface area (Å²) < 4.78 is 2.37. The fourth-order valence-electron chi connectivity index (χ4n) is 3.72. The Balaban J connectivity index is 1.61. The molecule has 0 aliphatic carbocycles. The van der Waals surface area contributed by atoms with Gasteiger partial charge in [0.25, 0.3) is 0 Å². The molecule has 24 heavy (non-hydrogen) atoms. The third-order valence-electron chi connectivity index (χ3n) is 5.15. The molecule has 1 N–H and O–H groups in total. The summed E-state index contributed by atoms with van der Waals surface area (Å²) in [7, 11) is 2.17. The summed E-state index contributed by atoms with van der Waals surface area (Å²) in [6.45, 7) is 2.70. The minimum Gasteiger partial charge on any atom is -0.344 e. The summed E-state index contributed by atoms with van der Waals surface area (Å²) in [6.07, 6.45) is 4.84. The van der Waals surface area contributed by atoms with Gasteiger partial charge in [-0.3, -0.25) is 15.0 Å². The van der Waals surface area contributed by atoms with Crippen molar-refractivity contribution in [2.75, 3.05) is 31.6 Å². The first kappa shape index (κ1) is 15.2. The van der Waals surface area contributed by atoms with Crippen LogP contribution in [0.3, 0.4) is 0 Å².